The zero-order valence-corrected chi connectivity index (χ0v) is 12.6. The number of hydrogen-bond acceptors (Lipinski definition) is 2. The van der Waals surface area contributed by atoms with Gasteiger partial charge in [-0.1, -0.05) is 29.8 Å². The molecule has 0 heterocycles. The first-order chi connectivity index (χ1) is 9.97. The Labute approximate surface area is 128 Å². The standard InChI is InChI=1S/C16H16ClFN2O/c1-10-6-7-12(17)8-14(10)20-15(21)9-19-16-11(2)4-3-5-13(16)18/h3-8,19H,9H2,1-2H3,(H,20,21). The van der Waals surface area contributed by atoms with Gasteiger partial charge < -0.3 is 10.6 Å². The summed E-state index contributed by atoms with van der Waals surface area (Å²) in [5.74, 6) is -0.634. The second-order valence-corrected chi connectivity index (χ2v) is 5.23. The summed E-state index contributed by atoms with van der Waals surface area (Å²) >= 11 is 5.90. The number of halogens is 2. The molecular formula is C16H16ClFN2O. The van der Waals surface area contributed by atoms with Crippen LogP contribution in [0.1, 0.15) is 11.1 Å². The van der Waals surface area contributed by atoms with Gasteiger partial charge in [0.1, 0.15) is 5.82 Å². The van der Waals surface area contributed by atoms with Gasteiger partial charge in [-0.25, -0.2) is 4.39 Å². The summed E-state index contributed by atoms with van der Waals surface area (Å²) in [6, 6.07) is 10.0. The van der Waals surface area contributed by atoms with Crippen LogP contribution in [-0.4, -0.2) is 12.5 Å². The molecule has 2 aromatic carbocycles. The smallest absolute Gasteiger partial charge is 0.243 e. The van der Waals surface area contributed by atoms with Gasteiger partial charge in [-0.15, -0.1) is 0 Å². The highest BCUT2D eigenvalue weighted by Crippen LogP contribution is 2.21. The fraction of sp³-hybridized carbons (Fsp3) is 0.188. The zero-order valence-electron chi connectivity index (χ0n) is 11.8. The second-order valence-electron chi connectivity index (χ2n) is 4.79. The van der Waals surface area contributed by atoms with Gasteiger partial charge in [0, 0.05) is 10.7 Å². The van der Waals surface area contributed by atoms with Crippen LogP contribution in [0.5, 0.6) is 0 Å². The van der Waals surface area contributed by atoms with Crippen molar-refractivity contribution in [3.8, 4) is 0 Å². The van der Waals surface area contributed by atoms with E-state index < -0.39 is 0 Å². The number of carbonyl (C=O) groups excluding carboxylic acids is 1. The van der Waals surface area contributed by atoms with E-state index in [4.69, 9.17) is 11.6 Å². The van der Waals surface area contributed by atoms with Gasteiger partial charge >= 0.3 is 0 Å². The molecule has 0 fully saturated rings. The Kier molecular flexibility index (Phi) is 4.81. The van der Waals surface area contributed by atoms with Gasteiger partial charge in [-0.3, -0.25) is 4.79 Å². The van der Waals surface area contributed by atoms with E-state index in [2.05, 4.69) is 10.6 Å². The molecule has 2 rings (SSSR count). The molecule has 1 amide bonds. The molecule has 2 N–H and O–H groups in total. The molecule has 0 aliphatic heterocycles. The van der Waals surface area contributed by atoms with E-state index in [0.717, 1.165) is 11.1 Å². The molecule has 0 saturated carbocycles. The summed E-state index contributed by atoms with van der Waals surface area (Å²) in [6.07, 6.45) is 0. The highest BCUT2D eigenvalue weighted by atomic mass is 35.5. The summed E-state index contributed by atoms with van der Waals surface area (Å²) in [4.78, 5) is 11.9. The van der Waals surface area contributed by atoms with Crippen molar-refractivity contribution in [2.45, 2.75) is 13.8 Å². The van der Waals surface area contributed by atoms with Crippen LogP contribution in [0.2, 0.25) is 5.02 Å². The van der Waals surface area contributed by atoms with E-state index >= 15 is 0 Å². The Morgan fingerprint density at radius 2 is 1.95 bits per heavy atom. The van der Waals surface area contributed by atoms with Crippen molar-refractivity contribution in [1.82, 2.24) is 0 Å². The maximum Gasteiger partial charge on any atom is 0.243 e. The lowest BCUT2D eigenvalue weighted by molar-refractivity contribution is -0.114. The Morgan fingerprint density at radius 3 is 2.67 bits per heavy atom. The normalized spacial score (nSPS) is 10.3. The highest BCUT2D eigenvalue weighted by Gasteiger charge is 2.09. The van der Waals surface area contributed by atoms with Crippen LogP contribution in [0.3, 0.4) is 0 Å². The van der Waals surface area contributed by atoms with Crippen molar-refractivity contribution >= 4 is 28.9 Å². The summed E-state index contributed by atoms with van der Waals surface area (Å²) in [6.45, 7) is 3.64. The predicted molar refractivity (Wildman–Crippen MR) is 84.4 cm³/mol. The van der Waals surface area contributed by atoms with Crippen LogP contribution in [0.25, 0.3) is 0 Å². The summed E-state index contributed by atoms with van der Waals surface area (Å²) in [7, 11) is 0. The first-order valence-corrected chi connectivity index (χ1v) is 6.90. The van der Waals surface area contributed by atoms with E-state index in [9.17, 15) is 9.18 Å². The molecule has 0 atom stereocenters. The fourth-order valence-electron chi connectivity index (χ4n) is 1.95. The maximum absolute atomic E-state index is 13.6. The third-order valence-electron chi connectivity index (χ3n) is 3.12. The second kappa shape index (κ2) is 6.59. The van der Waals surface area contributed by atoms with Gasteiger partial charge in [0.15, 0.2) is 0 Å². The first kappa shape index (κ1) is 15.3. The number of para-hydroxylation sites is 1. The van der Waals surface area contributed by atoms with E-state index in [1.165, 1.54) is 6.07 Å². The fourth-order valence-corrected chi connectivity index (χ4v) is 2.12. The number of rotatable bonds is 4. The maximum atomic E-state index is 13.6. The number of anilines is 2. The van der Waals surface area contributed by atoms with E-state index in [0.29, 0.717) is 16.4 Å². The van der Waals surface area contributed by atoms with Crippen molar-refractivity contribution in [1.29, 1.82) is 0 Å². The molecule has 0 spiro atoms. The Morgan fingerprint density at radius 1 is 1.19 bits per heavy atom. The van der Waals surface area contributed by atoms with Crippen molar-refractivity contribution in [2.75, 3.05) is 17.2 Å². The lowest BCUT2D eigenvalue weighted by atomic mass is 10.2. The SMILES string of the molecule is Cc1ccc(Cl)cc1NC(=O)CNc1c(C)cccc1F. The molecule has 110 valence electrons. The number of carbonyl (C=O) groups is 1. The molecule has 5 heteroatoms. The molecule has 3 nitrogen and oxygen atoms in total. The Bertz CT molecular complexity index is 653. The molecule has 0 bridgehead atoms. The summed E-state index contributed by atoms with van der Waals surface area (Å²) in [5, 5.41) is 6.12. The zero-order chi connectivity index (χ0) is 15.4. The molecule has 21 heavy (non-hydrogen) atoms. The number of hydrogen-bond donors (Lipinski definition) is 2. The van der Waals surface area contributed by atoms with Crippen LogP contribution >= 0.6 is 11.6 Å². The van der Waals surface area contributed by atoms with Crippen LogP contribution in [0.4, 0.5) is 15.8 Å². The van der Waals surface area contributed by atoms with Gasteiger partial charge in [0.2, 0.25) is 5.91 Å². The van der Waals surface area contributed by atoms with Crippen molar-refractivity contribution in [2.24, 2.45) is 0 Å². The summed E-state index contributed by atoms with van der Waals surface area (Å²) < 4.78 is 13.6. The number of amides is 1. The van der Waals surface area contributed by atoms with E-state index in [1.807, 2.05) is 13.0 Å². The first-order valence-electron chi connectivity index (χ1n) is 6.52. The molecule has 0 aliphatic rings. The largest absolute Gasteiger partial charge is 0.374 e. The van der Waals surface area contributed by atoms with Crippen LogP contribution in [-0.2, 0) is 4.79 Å². The topological polar surface area (TPSA) is 41.1 Å². The van der Waals surface area contributed by atoms with Crippen molar-refractivity contribution < 1.29 is 9.18 Å². The van der Waals surface area contributed by atoms with Crippen LogP contribution < -0.4 is 10.6 Å². The molecule has 0 radical (unpaired) electrons. The minimum atomic E-state index is -0.373. The van der Waals surface area contributed by atoms with E-state index in [1.54, 1.807) is 31.2 Å². The molecule has 0 aromatic heterocycles. The average molecular weight is 307 g/mol. The molecule has 0 aliphatic carbocycles. The number of aryl methyl sites for hydroxylation is 2. The highest BCUT2D eigenvalue weighted by molar-refractivity contribution is 6.31. The lowest BCUT2D eigenvalue weighted by Gasteiger charge is -2.12. The third kappa shape index (κ3) is 3.95. The predicted octanol–water partition coefficient (Wildman–Crippen LogP) is 4.15. The quantitative estimate of drug-likeness (QED) is 0.891. The molecule has 0 unspecified atom stereocenters. The number of benzene rings is 2. The molecule has 2 aromatic rings. The Balaban J connectivity index is 2.01. The van der Waals surface area contributed by atoms with Crippen LogP contribution in [0, 0.1) is 19.7 Å². The van der Waals surface area contributed by atoms with Crippen molar-refractivity contribution in [3.63, 3.8) is 0 Å². The van der Waals surface area contributed by atoms with Gasteiger partial charge in [-0.2, -0.15) is 0 Å². The minimum absolute atomic E-state index is 0.0201. The monoisotopic (exact) mass is 306 g/mol. The number of nitrogens with one attached hydrogen (secondary N) is 2. The lowest BCUT2D eigenvalue weighted by Crippen LogP contribution is -2.22. The Hall–Kier alpha value is -2.07. The van der Waals surface area contributed by atoms with Crippen molar-refractivity contribution in [3.05, 3.63) is 58.4 Å². The van der Waals surface area contributed by atoms with Gasteiger partial charge in [0.25, 0.3) is 0 Å². The minimum Gasteiger partial charge on any atom is -0.374 e. The van der Waals surface area contributed by atoms with Crippen LogP contribution in [0.15, 0.2) is 36.4 Å². The third-order valence-corrected chi connectivity index (χ3v) is 3.36. The van der Waals surface area contributed by atoms with Gasteiger partial charge in [0.05, 0.1) is 12.2 Å². The molecule has 0 saturated heterocycles. The van der Waals surface area contributed by atoms with E-state index in [-0.39, 0.29) is 18.3 Å². The molecular weight excluding hydrogens is 291 g/mol. The summed E-state index contributed by atoms with van der Waals surface area (Å²) in [5.41, 5.74) is 2.66. The van der Waals surface area contributed by atoms with Gasteiger partial charge in [-0.05, 0) is 43.2 Å². The average Bonchev–Trinajstić information content (AvgIpc) is 2.42.